The number of likely N-dealkylation sites (tertiary alicyclic amines) is 1. The van der Waals surface area contributed by atoms with Crippen LogP contribution in [0.2, 0.25) is 5.04 Å². The molecule has 6 aromatic rings. The van der Waals surface area contributed by atoms with Crippen molar-refractivity contribution < 1.29 is 23.5 Å². The Morgan fingerprint density at radius 3 is 2.16 bits per heavy atom. The summed E-state index contributed by atoms with van der Waals surface area (Å²) >= 11 is 2.20. The Bertz CT molecular complexity index is 2510. The van der Waals surface area contributed by atoms with E-state index in [0.29, 0.717) is 47.7 Å². The summed E-state index contributed by atoms with van der Waals surface area (Å²) < 4.78 is 20.5. The molecule has 0 aliphatic carbocycles. The number of amides is 2. The fraction of sp³-hybridized carbons (Fsp3) is 0.429. The van der Waals surface area contributed by atoms with E-state index in [1.165, 1.54) is 23.0 Å². The summed E-state index contributed by atoms with van der Waals surface area (Å²) in [4.78, 5) is 41.8. The zero-order chi connectivity index (χ0) is 45.6. The highest BCUT2D eigenvalue weighted by Gasteiger charge is 2.50. The van der Waals surface area contributed by atoms with Crippen molar-refractivity contribution in [2.24, 2.45) is 0 Å². The van der Waals surface area contributed by atoms with E-state index in [-0.39, 0.29) is 29.0 Å². The molecule has 13 nitrogen and oxygen atoms in total. The number of hydrogen-bond acceptors (Lipinski definition) is 10. The van der Waals surface area contributed by atoms with Gasteiger partial charge in [0.15, 0.2) is 5.82 Å². The summed E-state index contributed by atoms with van der Waals surface area (Å²) in [5, 5.41) is 14.9. The maximum absolute atomic E-state index is 12.8. The third kappa shape index (κ3) is 10.4. The number of nitrogens with zero attached hydrogens (tertiary/aromatic N) is 6. The molecule has 0 radical (unpaired) electrons. The van der Waals surface area contributed by atoms with E-state index in [2.05, 4.69) is 140 Å². The number of aromatic nitrogens is 5. The van der Waals surface area contributed by atoms with Crippen LogP contribution in [0.3, 0.4) is 0 Å². The highest BCUT2D eigenvalue weighted by Crippen LogP contribution is 2.38. The molecule has 15 heteroatoms. The highest BCUT2D eigenvalue weighted by atomic mass is 127. The Labute approximate surface area is 391 Å². The summed E-state index contributed by atoms with van der Waals surface area (Å²) in [6.07, 6.45) is 5.07. The Morgan fingerprint density at radius 1 is 0.875 bits per heavy atom. The first-order valence-corrected chi connectivity index (χ1v) is 25.3. The molecule has 0 saturated carbocycles. The van der Waals surface area contributed by atoms with Crippen molar-refractivity contribution in [3.63, 3.8) is 0 Å². The second kappa shape index (κ2) is 19.9. The lowest BCUT2D eigenvalue weighted by atomic mass is 9.86. The number of carbonyl (C=O) groups is 2. The number of ether oxygens (including phenoxy) is 2. The van der Waals surface area contributed by atoms with Crippen LogP contribution in [0.4, 0.5) is 21.4 Å². The summed E-state index contributed by atoms with van der Waals surface area (Å²) in [6, 6.07) is 29.8. The molecule has 0 unspecified atom stereocenters. The molecule has 338 valence electrons. The predicted octanol–water partition coefficient (Wildman–Crippen LogP) is 9.87. The molecule has 0 bridgehead atoms. The molecule has 2 N–H and O–H groups in total. The number of hydrogen-bond donors (Lipinski definition) is 2. The molecule has 7 rings (SSSR count). The van der Waals surface area contributed by atoms with Gasteiger partial charge in [-0.3, -0.25) is 15.0 Å². The Balaban J connectivity index is 1.19. The molecule has 3 aromatic heterocycles. The third-order valence-electron chi connectivity index (χ3n) is 11.9. The number of pyridine rings is 1. The fourth-order valence-electron chi connectivity index (χ4n) is 9.00. The van der Waals surface area contributed by atoms with Gasteiger partial charge in [-0.25, -0.2) is 14.6 Å². The van der Waals surface area contributed by atoms with E-state index in [0.717, 1.165) is 47.7 Å². The molecule has 1 saturated heterocycles. The monoisotopic (exact) mass is 996 g/mol. The average molecular weight is 997 g/mol. The van der Waals surface area contributed by atoms with Crippen LogP contribution in [-0.2, 0) is 20.4 Å². The molecule has 2 amide bonds. The first-order valence-electron chi connectivity index (χ1n) is 22.3. The quantitative estimate of drug-likeness (QED) is 0.0799. The van der Waals surface area contributed by atoms with E-state index in [1.807, 2.05) is 42.6 Å². The van der Waals surface area contributed by atoms with Gasteiger partial charge in [0.05, 0.1) is 19.2 Å². The standard InChI is InChI=1S/C49H61IN8O5Si/c1-9-17-35(27-31-62-64(49(5,6)7,36-18-12-10-13-19-36)37-20-14-11-15-21-37)52-44-42-41(53-45(54-44)55-46(59)61-8)43(50)56-58(42)32-34-23-24-38(39-22-16-28-51-40(34)39)33-25-29-57(30-26-33)47(60)63-48(2,3)4/h10-16,18-24,28,33,35H,9,17,25-27,29-32H2,1-8H3,(H2,52,53,54,55,59)/t35-/m0/s1. The van der Waals surface area contributed by atoms with Gasteiger partial charge >= 0.3 is 12.2 Å². The van der Waals surface area contributed by atoms with Crippen molar-refractivity contribution in [1.29, 1.82) is 0 Å². The molecule has 1 aliphatic rings. The molecular formula is C49H61IN8O5Si. The lowest BCUT2D eigenvalue weighted by molar-refractivity contribution is 0.0205. The summed E-state index contributed by atoms with van der Waals surface area (Å²) in [6.45, 7) is 16.9. The largest absolute Gasteiger partial charge is 0.453 e. The summed E-state index contributed by atoms with van der Waals surface area (Å²) in [5.74, 6) is 0.945. The van der Waals surface area contributed by atoms with E-state index in [1.54, 1.807) is 0 Å². The molecule has 1 fully saturated rings. The van der Waals surface area contributed by atoms with Crippen LogP contribution < -0.4 is 21.0 Å². The first kappa shape index (κ1) is 46.8. The number of anilines is 2. The normalized spacial score (nSPS) is 14.4. The molecule has 3 aromatic carbocycles. The van der Waals surface area contributed by atoms with Gasteiger partial charge < -0.3 is 24.1 Å². The van der Waals surface area contributed by atoms with Gasteiger partial charge in [-0.05, 0) is 108 Å². The first-order chi connectivity index (χ1) is 30.6. The Morgan fingerprint density at radius 2 is 1.55 bits per heavy atom. The average Bonchev–Trinajstić information content (AvgIpc) is 3.59. The lowest BCUT2D eigenvalue weighted by Crippen LogP contribution is -2.66. The van der Waals surface area contributed by atoms with Crippen LogP contribution in [-0.4, -0.2) is 88.6 Å². The minimum absolute atomic E-state index is 0.0307. The fourth-order valence-corrected chi connectivity index (χ4v) is 14.2. The molecular weight excluding hydrogens is 936 g/mol. The van der Waals surface area contributed by atoms with E-state index in [9.17, 15) is 9.59 Å². The van der Waals surface area contributed by atoms with Gasteiger partial charge in [-0.15, -0.1) is 0 Å². The topological polar surface area (TPSA) is 146 Å². The number of nitrogens with one attached hydrogen (secondary N) is 2. The number of methoxy groups -OCH3 is 1. The SMILES string of the molecule is CCC[C@@H](CCO[Si](c1ccccc1)(c1ccccc1)C(C)(C)C)Nc1nc(NC(=O)OC)nc2c(I)nn(Cc3ccc(C4CCN(C(=O)OC(C)(C)C)CC4)c4cccnc34)c12. The predicted molar refractivity (Wildman–Crippen MR) is 265 cm³/mol. The number of rotatable bonds is 14. The van der Waals surface area contributed by atoms with Crippen LogP contribution in [0.25, 0.3) is 21.9 Å². The van der Waals surface area contributed by atoms with E-state index < -0.39 is 20.0 Å². The van der Waals surface area contributed by atoms with Gasteiger partial charge in [0.25, 0.3) is 8.32 Å². The van der Waals surface area contributed by atoms with Crippen LogP contribution in [0.5, 0.6) is 0 Å². The van der Waals surface area contributed by atoms with E-state index >= 15 is 0 Å². The number of benzene rings is 3. The molecule has 0 spiro atoms. The zero-order valence-corrected chi connectivity index (χ0v) is 41.4. The summed E-state index contributed by atoms with van der Waals surface area (Å²) in [5.41, 5.74) is 3.91. The van der Waals surface area contributed by atoms with Gasteiger partial charge in [0.2, 0.25) is 5.95 Å². The minimum atomic E-state index is -2.77. The number of piperidine rings is 1. The van der Waals surface area contributed by atoms with Crippen LogP contribution in [0.1, 0.15) is 97.6 Å². The second-order valence-corrected chi connectivity index (χ2v) is 23.9. The molecule has 1 atom stereocenters. The minimum Gasteiger partial charge on any atom is -0.453 e. The van der Waals surface area contributed by atoms with Crippen LogP contribution in [0, 0.1) is 3.70 Å². The maximum atomic E-state index is 12.8. The molecule has 64 heavy (non-hydrogen) atoms. The number of carbonyl (C=O) groups excluding carboxylic acids is 2. The Kier molecular flexibility index (Phi) is 14.6. The van der Waals surface area contributed by atoms with Crippen molar-refractivity contribution in [2.45, 2.75) is 110 Å². The highest BCUT2D eigenvalue weighted by molar-refractivity contribution is 14.1. The van der Waals surface area contributed by atoms with Crippen molar-refractivity contribution in [2.75, 3.05) is 37.4 Å². The second-order valence-electron chi connectivity index (χ2n) is 18.5. The summed E-state index contributed by atoms with van der Waals surface area (Å²) in [7, 11) is -1.45. The lowest BCUT2D eigenvalue weighted by Gasteiger charge is -2.43. The van der Waals surface area contributed by atoms with E-state index in [4.69, 9.17) is 34.0 Å². The van der Waals surface area contributed by atoms with Gasteiger partial charge in [-0.1, -0.05) is 113 Å². The van der Waals surface area contributed by atoms with Crippen LogP contribution >= 0.6 is 22.6 Å². The molecule has 4 heterocycles. The Hall–Kier alpha value is -5.13. The van der Waals surface area contributed by atoms with Crippen molar-refractivity contribution in [3.8, 4) is 0 Å². The van der Waals surface area contributed by atoms with Crippen molar-refractivity contribution in [1.82, 2.24) is 29.6 Å². The van der Waals surface area contributed by atoms with Crippen molar-refractivity contribution in [3.05, 3.63) is 106 Å². The van der Waals surface area contributed by atoms with Gasteiger partial charge in [0.1, 0.15) is 20.3 Å². The maximum Gasteiger partial charge on any atom is 0.413 e. The number of fused-ring (bicyclic) bond motifs is 2. The zero-order valence-electron chi connectivity index (χ0n) is 38.3. The van der Waals surface area contributed by atoms with Gasteiger partial charge in [0, 0.05) is 37.3 Å². The van der Waals surface area contributed by atoms with Crippen LogP contribution in [0.15, 0.2) is 91.1 Å². The molecule has 1 aliphatic heterocycles. The van der Waals surface area contributed by atoms with Gasteiger partial charge in [-0.2, -0.15) is 10.1 Å². The smallest absolute Gasteiger partial charge is 0.413 e. The third-order valence-corrected chi connectivity index (χ3v) is 17.7. The van der Waals surface area contributed by atoms with Crippen molar-refractivity contribution >= 4 is 87.2 Å². The number of halogens is 1.